The van der Waals surface area contributed by atoms with Crippen molar-refractivity contribution in [1.82, 2.24) is 15.2 Å². The molecule has 6 heteroatoms. The second-order valence-electron chi connectivity index (χ2n) is 6.68. The lowest BCUT2D eigenvalue weighted by Gasteiger charge is -2.01. The summed E-state index contributed by atoms with van der Waals surface area (Å²) >= 11 is 0. The van der Waals surface area contributed by atoms with Gasteiger partial charge in [0.25, 0.3) is 0 Å². The lowest BCUT2D eigenvalue weighted by Crippen LogP contribution is -2.19. The Morgan fingerprint density at radius 3 is 2.33 bits per heavy atom. The van der Waals surface area contributed by atoms with Crippen LogP contribution < -0.4 is 5.43 Å². The Bertz CT molecular complexity index is 1150. The molecule has 0 unspecified atom stereocenters. The van der Waals surface area contributed by atoms with E-state index < -0.39 is 0 Å². The van der Waals surface area contributed by atoms with Crippen molar-refractivity contribution in [2.75, 3.05) is 0 Å². The summed E-state index contributed by atoms with van der Waals surface area (Å²) in [6.07, 6.45) is 3.57. The first kappa shape index (κ1) is 19.3. The molecule has 0 bridgehead atoms. The first-order valence-corrected chi connectivity index (χ1v) is 9.46. The number of nitrogens with zero attached hydrogens (tertiary/aromatic N) is 3. The first-order chi connectivity index (χ1) is 14.7. The lowest BCUT2D eigenvalue weighted by molar-refractivity contribution is -0.120. The second-order valence-corrected chi connectivity index (χ2v) is 6.68. The Morgan fingerprint density at radius 1 is 0.967 bits per heavy atom. The van der Waals surface area contributed by atoms with E-state index in [0.717, 1.165) is 22.5 Å². The van der Waals surface area contributed by atoms with Gasteiger partial charge in [-0.2, -0.15) is 10.2 Å². The predicted octanol–water partition coefficient (Wildman–Crippen LogP) is 4.37. The van der Waals surface area contributed by atoms with E-state index in [1.54, 1.807) is 23.0 Å². The van der Waals surface area contributed by atoms with Gasteiger partial charge in [-0.05, 0) is 29.8 Å². The fourth-order valence-electron chi connectivity index (χ4n) is 3.02. The van der Waals surface area contributed by atoms with Gasteiger partial charge in [0.15, 0.2) is 0 Å². The molecule has 0 aliphatic rings. The Labute approximate surface area is 173 Å². The fraction of sp³-hybridized carbons (Fsp3) is 0.0417. The zero-order valence-electron chi connectivity index (χ0n) is 16.1. The number of hydrazone groups is 1. The molecule has 5 nitrogen and oxygen atoms in total. The maximum absolute atomic E-state index is 13.0. The van der Waals surface area contributed by atoms with Crippen LogP contribution in [0.4, 0.5) is 4.39 Å². The van der Waals surface area contributed by atoms with Crippen molar-refractivity contribution in [3.8, 4) is 16.9 Å². The summed E-state index contributed by atoms with van der Waals surface area (Å²) in [5.74, 6) is -0.615. The van der Waals surface area contributed by atoms with Crippen molar-refractivity contribution in [2.45, 2.75) is 6.42 Å². The van der Waals surface area contributed by atoms with Gasteiger partial charge < -0.3 is 0 Å². The van der Waals surface area contributed by atoms with E-state index in [1.165, 1.54) is 12.1 Å². The van der Waals surface area contributed by atoms with Crippen molar-refractivity contribution in [1.29, 1.82) is 0 Å². The summed E-state index contributed by atoms with van der Waals surface area (Å²) in [5, 5.41) is 8.80. The van der Waals surface area contributed by atoms with Crippen molar-refractivity contribution in [3.63, 3.8) is 0 Å². The Kier molecular flexibility index (Phi) is 5.75. The summed E-state index contributed by atoms with van der Waals surface area (Å²) in [7, 11) is 0. The van der Waals surface area contributed by atoms with Gasteiger partial charge in [-0.15, -0.1) is 0 Å². The standard InChI is InChI=1S/C24H19FN4O/c25-21-13-11-18(12-14-21)15-23(30)27-26-16-20-17-29(22-9-5-2-6-10-22)28-24(20)19-7-3-1-4-8-19/h1-14,16-17H,15H2,(H,27,30)/b26-16-. The van der Waals surface area contributed by atoms with E-state index in [2.05, 4.69) is 10.5 Å². The Balaban J connectivity index is 1.54. The van der Waals surface area contributed by atoms with E-state index in [1.807, 2.05) is 66.9 Å². The first-order valence-electron chi connectivity index (χ1n) is 9.46. The molecule has 1 aromatic heterocycles. The van der Waals surface area contributed by atoms with E-state index in [0.29, 0.717) is 5.56 Å². The van der Waals surface area contributed by atoms with Gasteiger partial charge in [0, 0.05) is 17.3 Å². The van der Waals surface area contributed by atoms with Crippen LogP contribution in [0.25, 0.3) is 16.9 Å². The third kappa shape index (κ3) is 4.67. The molecular formula is C24H19FN4O. The summed E-state index contributed by atoms with van der Waals surface area (Å²) < 4.78 is 14.8. The number of hydrogen-bond acceptors (Lipinski definition) is 3. The van der Waals surface area contributed by atoms with E-state index in [9.17, 15) is 9.18 Å². The molecule has 0 spiro atoms. The van der Waals surface area contributed by atoms with E-state index in [-0.39, 0.29) is 18.1 Å². The fourth-order valence-corrected chi connectivity index (χ4v) is 3.02. The number of hydrogen-bond donors (Lipinski definition) is 1. The average molecular weight is 398 g/mol. The molecule has 0 radical (unpaired) electrons. The van der Waals surface area contributed by atoms with Gasteiger partial charge in [0.05, 0.1) is 18.3 Å². The van der Waals surface area contributed by atoms with Crippen LogP contribution in [0.3, 0.4) is 0 Å². The molecule has 3 aromatic carbocycles. The summed E-state index contributed by atoms with van der Waals surface area (Å²) in [4.78, 5) is 12.1. The highest BCUT2D eigenvalue weighted by atomic mass is 19.1. The van der Waals surface area contributed by atoms with Crippen LogP contribution in [0.5, 0.6) is 0 Å². The van der Waals surface area contributed by atoms with Gasteiger partial charge >= 0.3 is 0 Å². The highest BCUT2D eigenvalue weighted by molar-refractivity contribution is 5.89. The SMILES string of the molecule is O=C(Cc1ccc(F)cc1)N/N=C\c1cn(-c2ccccc2)nc1-c1ccccc1. The van der Waals surface area contributed by atoms with E-state index >= 15 is 0 Å². The smallest absolute Gasteiger partial charge is 0.244 e. The molecule has 30 heavy (non-hydrogen) atoms. The van der Waals surface area contributed by atoms with Crippen molar-refractivity contribution in [2.24, 2.45) is 5.10 Å². The van der Waals surface area contributed by atoms with Crippen LogP contribution in [-0.4, -0.2) is 21.9 Å². The minimum absolute atomic E-state index is 0.117. The van der Waals surface area contributed by atoms with Gasteiger partial charge in [0.1, 0.15) is 11.5 Å². The minimum Gasteiger partial charge on any atom is -0.273 e. The summed E-state index contributed by atoms with van der Waals surface area (Å²) in [5.41, 5.74) is 6.64. The molecule has 4 rings (SSSR count). The van der Waals surface area contributed by atoms with E-state index in [4.69, 9.17) is 5.10 Å². The Hall–Kier alpha value is -4.06. The zero-order chi connectivity index (χ0) is 20.8. The normalized spacial score (nSPS) is 11.0. The molecule has 4 aromatic rings. The molecule has 0 aliphatic carbocycles. The number of nitrogens with one attached hydrogen (secondary N) is 1. The van der Waals surface area contributed by atoms with Gasteiger partial charge in [0.2, 0.25) is 5.91 Å². The molecule has 0 aliphatic heterocycles. The molecule has 1 amide bonds. The van der Waals surface area contributed by atoms with Crippen LogP contribution in [-0.2, 0) is 11.2 Å². The number of amides is 1. The molecule has 0 fully saturated rings. The minimum atomic E-state index is -0.332. The van der Waals surface area contributed by atoms with Gasteiger partial charge in [-0.3, -0.25) is 4.79 Å². The second kappa shape index (κ2) is 8.96. The Morgan fingerprint density at radius 2 is 1.63 bits per heavy atom. The molecule has 1 N–H and O–H groups in total. The maximum atomic E-state index is 13.0. The highest BCUT2D eigenvalue weighted by Gasteiger charge is 2.11. The molecule has 0 atom stereocenters. The largest absolute Gasteiger partial charge is 0.273 e. The molecule has 0 saturated heterocycles. The summed E-state index contributed by atoms with van der Waals surface area (Å²) in [6, 6.07) is 25.4. The molecule has 1 heterocycles. The number of halogens is 1. The van der Waals surface area contributed by atoms with Crippen LogP contribution in [0, 0.1) is 5.82 Å². The van der Waals surface area contributed by atoms with Crippen molar-refractivity contribution in [3.05, 3.63) is 108 Å². The monoisotopic (exact) mass is 398 g/mol. The van der Waals surface area contributed by atoms with Gasteiger partial charge in [-0.25, -0.2) is 14.5 Å². The topological polar surface area (TPSA) is 59.3 Å². The predicted molar refractivity (Wildman–Crippen MR) is 115 cm³/mol. The number of para-hydroxylation sites is 1. The number of benzene rings is 3. The molecule has 148 valence electrons. The number of aromatic nitrogens is 2. The van der Waals surface area contributed by atoms with Crippen LogP contribution in [0.1, 0.15) is 11.1 Å². The van der Waals surface area contributed by atoms with Crippen LogP contribution in [0.15, 0.2) is 96.2 Å². The van der Waals surface area contributed by atoms with Crippen molar-refractivity contribution >= 4 is 12.1 Å². The summed E-state index contributed by atoms with van der Waals surface area (Å²) in [6.45, 7) is 0. The zero-order valence-corrected chi connectivity index (χ0v) is 16.1. The lowest BCUT2D eigenvalue weighted by atomic mass is 10.1. The third-order valence-corrected chi connectivity index (χ3v) is 4.48. The van der Waals surface area contributed by atoms with Gasteiger partial charge in [-0.1, -0.05) is 60.7 Å². The highest BCUT2D eigenvalue weighted by Crippen LogP contribution is 2.22. The number of carbonyl (C=O) groups excluding carboxylic acids is 1. The molecule has 0 saturated carbocycles. The third-order valence-electron chi connectivity index (χ3n) is 4.48. The maximum Gasteiger partial charge on any atom is 0.244 e. The molecular weight excluding hydrogens is 379 g/mol. The van der Waals surface area contributed by atoms with Crippen LogP contribution >= 0.6 is 0 Å². The van der Waals surface area contributed by atoms with Crippen molar-refractivity contribution < 1.29 is 9.18 Å². The quantitative estimate of drug-likeness (QED) is 0.387. The number of rotatable bonds is 6. The average Bonchev–Trinajstić information content (AvgIpc) is 3.21. The number of carbonyl (C=O) groups is 1. The van der Waals surface area contributed by atoms with Crippen LogP contribution in [0.2, 0.25) is 0 Å².